The summed E-state index contributed by atoms with van der Waals surface area (Å²) in [6.07, 6.45) is 4.16. The summed E-state index contributed by atoms with van der Waals surface area (Å²) in [4.78, 5) is 25.2. The Labute approximate surface area is 163 Å². The molecular formula is C22H23N3O3. The van der Waals surface area contributed by atoms with Gasteiger partial charge in [-0.3, -0.25) is 14.3 Å². The van der Waals surface area contributed by atoms with Crippen LogP contribution in [0, 0.1) is 12.8 Å². The number of para-hydroxylation sites is 1. The minimum Gasteiger partial charge on any atom is -0.461 e. The Bertz CT molecular complexity index is 1100. The average molecular weight is 377 g/mol. The number of anilines is 1. The second-order valence-electron chi connectivity index (χ2n) is 7.32. The maximum atomic E-state index is 12.8. The predicted octanol–water partition coefficient (Wildman–Crippen LogP) is 3.85. The van der Waals surface area contributed by atoms with Crippen molar-refractivity contribution in [2.24, 2.45) is 13.0 Å². The monoisotopic (exact) mass is 377 g/mol. The molecule has 4 rings (SSSR count). The molecule has 0 spiro atoms. The maximum Gasteiger partial charge on any atom is 0.295 e. The lowest BCUT2D eigenvalue weighted by molar-refractivity contribution is -0.111. The highest BCUT2D eigenvalue weighted by Gasteiger charge is 2.36. The largest absolute Gasteiger partial charge is 0.461 e. The van der Waals surface area contributed by atoms with Crippen molar-refractivity contribution in [3.05, 3.63) is 76.1 Å². The van der Waals surface area contributed by atoms with Gasteiger partial charge in [0.2, 0.25) is 5.91 Å². The molecule has 1 aliphatic rings. The highest BCUT2D eigenvalue weighted by molar-refractivity contribution is 6.02. The van der Waals surface area contributed by atoms with Gasteiger partial charge in [-0.15, -0.1) is 0 Å². The Kier molecular flexibility index (Phi) is 4.55. The second kappa shape index (κ2) is 7.03. The number of carbonyl (C=O) groups excluding carboxylic acids is 1. The van der Waals surface area contributed by atoms with E-state index >= 15 is 0 Å². The van der Waals surface area contributed by atoms with Gasteiger partial charge in [0, 0.05) is 19.0 Å². The summed E-state index contributed by atoms with van der Waals surface area (Å²) >= 11 is 0. The number of nitrogens with one attached hydrogen (secondary N) is 1. The second-order valence-corrected chi connectivity index (χ2v) is 7.32. The highest BCUT2D eigenvalue weighted by atomic mass is 16.3. The van der Waals surface area contributed by atoms with Gasteiger partial charge < -0.3 is 9.73 Å². The summed E-state index contributed by atoms with van der Waals surface area (Å²) in [5.41, 5.74) is 1.43. The summed E-state index contributed by atoms with van der Waals surface area (Å²) in [6, 6.07) is 13.1. The van der Waals surface area contributed by atoms with Gasteiger partial charge in [0.1, 0.15) is 17.2 Å². The predicted molar refractivity (Wildman–Crippen MR) is 109 cm³/mol. The van der Waals surface area contributed by atoms with Crippen molar-refractivity contribution in [2.45, 2.75) is 26.2 Å². The average Bonchev–Trinajstić information content (AvgIpc) is 3.16. The standard InChI is InChI=1S/C22H23N3O3/c1-14-13-18(14)19-11-9-17(28-19)10-12-20(26)23-21-15(2)24(3)25(22(21)27)16-7-5-4-6-8-16/h4-12,14,18H,13H2,1-3H3,(H,23,26)/b12-10+/t14-,18+/m0/s1. The van der Waals surface area contributed by atoms with Crippen LogP contribution in [-0.4, -0.2) is 15.3 Å². The molecular weight excluding hydrogens is 354 g/mol. The van der Waals surface area contributed by atoms with Crippen LogP contribution in [0.3, 0.4) is 0 Å². The van der Waals surface area contributed by atoms with Gasteiger partial charge in [0.15, 0.2) is 0 Å². The van der Waals surface area contributed by atoms with Crippen molar-refractivity contribution in [3.63, 3.8) is 0 Å². The van der Waals surface area contributed by atoms with Crippen LogP contribution in [0.1, 0.15) is 36.5 Å². The number of amides is 1. The smallest absolute Gasteiger partial charge is 0.295 e. The fraction of sp³-hybridized carbons (Fsp3) is 0.273. The third-order valence-electron chi connectivity index (χ3n) is 5.32. The van der Waals surface area contributed by atoms with E-state index in [-0.39, 0.29) is 17.2 Å². The minimum absolute atomic E-state index is 0.268. The first-order chi connectivity index (χ1) is 13.5. The number of hydrogen-bond acceptors (Lipinski definition) is 3. The molecule has 1 saturated carbocycles. The first-order valence-electron chi connectivity index (χ1n) is 9.38. The van der Waals surface area contributed by atoms with Gasteiger partial charge in [-0.2, -0.15) is 0 Å². The topological polar surface area (TPSA) is 69.2 Å². The van der Waals surface area contributed by atoms with E-state index < -0.39 is 0 Å². The number of hydrogen-bond donors (Lipinski definition) is 1. The number of aromatic nitrogens is 2. The van der Waals surface area contributed by atoms with Crippen LogP contribution in [0.25, 0.3) is 11.8 Å². The van der Waals surface area contributed by atoms with Crippen LogP contribution < -0.4 is 10.9 Å². The lowest BCUT2D eigenvalue weighted by Gasteiger charge is -2.07. The van der Waals surface area contributed by atoms with Crippen molar-refractivity contribution in [1.29, 1.82) is 0 Å². The van der Waals surface area contributed by atoms with Gasteiger partial charge >= 0.3 is 0 Å². The fourth-order valence-corrected chi connectivity index (χ4v) is 3.41. The molecule has 2 atom stereocenters. The zero-order chi connectivity index (χ0) is 19.8. The molecule has 1 aliphatic carbocycles. The number of benzene rings is 1. The third kappa shape index (κ3) is 3.33. The fourth-order valence-electron chi connectivity index (χ4n) is 3.41. The normalized spacial score (nSPS) is 18.5. The zero-order valence-corrected chi connectivity index (χ0v) is 16.2. The zero-order valence-electron chi connectivity index (χ0n) is 16.2. The molecule has 0 unspecified atom stereocenters. The van der Waals surface area contributed by atoms with Gasteiger partial charge in [0.25, 0.3) is 5.56 Å². The van der Waals surface area contributed by atoms with Crippen molar-refractivity contribution >= 4 is 17.7 Å². The van der Waals surface area contributed by atoms with E-state index in [1.807, 2.05) is 42.5 Å². The molecule has 1 aromatic carbocycles. The SMILES string of the molecule is Cc1c(NC(=O)/C=C/c2ccc([C@@H]3C[C@@H]3C)o2)c(=O)n(-c2ccccc2)n1C. The molecule has 0 bridgehead atoms. The van der Waals surface area contributed by atoms with Gasteiger partial charge in [-0.05, 0) is 49.6 Å². The highest BCUT2D eigenvalue weighted by Crippen LogP contribution is 2.47. The quantitative estimate of drug-likeness (QED) is 0.687. The van der Waals surface area contributed by atoms with Crippen LogP contribution in [0.5, 0.6) is 0 Å². The Hall–Kier alpha value is -3.28. The summed E-state index contributed by atoms with van der Waals surface area (Å²) < 4.78 is 9.03. The molecule has 2 heterocycles. The van der Waals surface area contributed by atoms with E-state index in [9.17, 15) is 9.59 Å². The number of nitrogens with zero attached hydrogens (tertiary/aromatic N) is 2. The molecule has 2 aromatic heterocycles. The summed E-state index contributed by atoms with van der Waals surface area (Å²) in [7, 11) is 1.79. The number of furan rings is 1. The molecule has 6 heteroatoms. The van der Waals surface area contributed by atoms with E-state index in [4.69, 9.17) is 4.42 Å². The number of carbonyl (C=O) groups is 1. The molecule has 0 radical (unpaired) electrons. The summed E-state index contributed by atoms with van der Waals surface area (Å²) in [5.74, 6) is 2.40. The Balaban J connectivity index is 1.52. The molecule has 28 heavy (non-hydrogen) atoms. The van der Waals surface area contributed by atoms with E-state index in [1.54, 1.807) is 24.7 Å². The third-order valence-corrected chi connectivity index (χ3v) is 5.32. The Morgan fingerprint density at radius 1 is 1.21 bits per heavy atom. The lowest BCUT2D eigenvalue weighted by Crippen LogP contribution is -2.22. The summed E-state index contributed by atoms with van der Waals surface area (Å²) in [5, 5.41) is 2.71. The van der Waals surface area contributed by atoms with Crippen LogP contribution in [0.2, 0.25) is 0 Å². The van der Waals surface area contributed by atoms with Crippen LogP contribution >= 0.6 is 0 Å². The van der Waals surface area contributed by atoms with Gasteiger partial charge in [-0.25, -0.2) is 4.68 Å². The molecule has 1 N–H and O–H groups in total. The van der Waals surface area contributed by atoms with Crippen molar-refractivity contribution in [2.75, 3.05) is 5.32 Å². The van der Waals surface area contributed by atoms with E-state index in [1.165, 1.54) is 10.8 Å². The molecule has 1 amide bonds. The van der Waals surface area contributed by atoms with Crippen molar-refractivity contribution in [3.8, 4) is 5.69 Å². The number of rotatable bonds is 5. The molecule has 0 aliphatic heterocycles. The molecule has 6 nitrogen and oxygen atoms in total. The van der Waals surface area contributed by atoms with Gasteiger partial charge in [0.05, 0.1) is 11.4 Å². The first-order valence-corrected chi connectivity index (χ1v) is 9.38. The van der Waals surface area contributed by atoms with E-state index in [2.05, 4.69) is 12.2 Å². The van der Waals surface area contributed by atoms with Crippen LogP contribution in [0.4, 0.5) is 5.69 Å². The summed E-state index contributed by atoms with van der Waals surface area (Å²) in [6.45, 7) is 4.00. The first kappa shape index (κ1) is 18.1. The van der Waals surface area contributed by atoms with Crippen LogP contribution in [0.15, 0.2) is 57.8 Å². The molecule has 1 fully saturated rings. The van der Waals surface area contributed by atoms with Crippen molar-refractivity contribution in [1.82, 2.24) is 9.36 Å². The van der Waals surface area contributed by atoms with Crippen molar-refractivity contribution < 1.29 is 9.21 Å². The maximum absolute atomic E-state index is 12.8. The Morgan fingerprint density at radius 3 is 2.61 bits per heavy atom. The Morgan fingerprint density at radius 2 is 1.93 bits per heavy atom. The van der Waals surface area contributed by atoms with E-state index in [0.29, 0.717) is 23.3 Å². The molecule has 0 saturated heterocycles. The van der Waals surface area contributed by atoms with E-state index in [0.717, 1.165) is 17.9 Å². The molecule has 3 aromatic rings. The molecule has 144 valence electrons. The lowest BCUT2D eigenvalue weighted by atomic mass is 10.3. The van der Waals surface area contributed by atoms with Gasteiger partial charge in [-0.1, -0.05) is 25.1 Å². The minimum atomic E-state index is -0.372. The van der Waals surface area contributed by atoms with Crippen LogP contribution in [-0.2, 0) is 11.8 Å².